The van der Waals surface area contributed by atoms with Crippen molar-refractivity contribution in [3.8, 4) is 5.88 Å². The number of carbonyl (C=O) groups excluding carboxylic acids is 1. The number of primary amides is 1. The quantitative estimate of drug-likeness (QED) is 0.778. The van der Waals surface area contributed by atoms with Crippen LogP contribution in [0.25, 0.3) is 11.2 Å². The molecule has 3 N–H and O–H groups in total. The van der Waals surface area contributed by atoms with Gasteiger partial charge in [0.05, 0.1) is 7.11 Å². The normalized spacial score (nSPS) is 12.6. The van der Waals surface area contributed by atoms with Gasteiger partial charge in [-0.15, -0.1) is 0 Å². The molecule has 0 aromatic carbocycles. The second kappa shape index (κ2) is 4.13. The lowest BCUT2D eigenvalue weighted by molar-refractivity contribution is -0.120. The van der Waals surface area contributed by atoms with E-state index >= 15 is 0 Å². The number of hydrogen-bond acceptors (Lipinski definition) is 5. The van der Waals surface area contributed by atoms with E-state index in [1.54, 1.807) is 6.92 Å². The summed E-state index contributed by atoms with van der Waals surface area (Å²) in [5.41, 5.74) is 6.31. The van der Waals surface area contributed by atoms with Crippen LogP contribution in [-0.4, -0.2) is 32.5 Å². The molecule has 1 atom stereocenters. The van der Waals surface area contributed by atoms with Crippen LogP contribution in [-0.2, 0) is 4.79 Å². The largest absolute Gasteiger partial charge is 0.479 e. The van der Waals surface area contributed by atoms with E-state index in [1.165, 1.54) is 18.0 Å². The molecule has 2 aromatic rings. The number of carbonyl (C=O) groups is 1. The van der Waals surface area contributed by atoms with Gasteiger partial charge in [0, 0.05) is 0 Å². The number of nitrogens with two attached hydrogens (primary N) is 1. The average Bonchev–Trinajstić information content (AvgIpc) is 2.63. The molecular formula is C9H11N5O2S. The van der Waals surface area contributed by atoms with Crippen LogP contribution in [0.4, 0.5) is 0 Å². The zero-order chi connectivity index (χ0) is 12.6. The lowest BCUT2D eigenvalue weighted by Gasteiger charge is -2.09. The van der Waals surface area contributed by atoms with Crippen molar-refractivity contribution in [2.45, 2.75) is 13.0 Å². The Morgan fingerprint density at radius 1 is 1.65 bits per heavy atom. The summed E-state index contributed by atoms with van der Waals surface area (Å²) in [7, 11) is 1.49. The summed E-state index contributed by atoms with van der Waals surface area (Å²) in [6.45, 7) is 1.65. The summed E-state index contributed by atoms with van der Waals surface area (Å²) in [6.07, 6.45) is 1.34. The Bertz CT molecular complexity index is 632. The smallest absolute Gasteiger partial charge is 0.242 e. The summed E-state index contributed by atoms with van der Waals surface area (Å²) < 4.78 is 6.97. The maximum Gasteiger partial charge on any atom is 0.242 e. The molecule has 0 aliphatic carbocycles. The van der Waals surface area contributed by atoms with Crippen molar-refractivity contribution in [1.82, 2.24) is 19.5 Å². The average molecular weight is 253 g/mol. The lowest BCUT2D eigenvalue weighted by Crippen LogP contribution is -2.24. The number of ether oxygens (including phenoxy) is 1. The van der Waals surface area contributed by atoms with Crippen LogP contribution >= 0.6 is 12.2 Å². The van der Waals surface area contributed by atoms with Crippen LogP contribution in [0.5, 0.6) is 5.88 Å². The Labute approximate surface area is 102 Å². The number of fused-ring (bicyclic) bond motifs is 1. The summed E-state index contributed by atoms with van der Waals surface area (Å²) in [5.74, 6) is -0.115. The Kier molecular flexibility index (Phi) is 2.80. The first-order valence-electron chi connectivity index (χ1n) is 4.84. The van der Waals surface area contributed by atoms with Gasteiger partial charge in [-0.1, -0.05) is 0 Å². The van der Waals surface area contributed by atoms with Crippen LogP contribution in [0.1, 0.15) is 13.0 Å². The Hall–Kier alpha value is -1.96. The van der Waals surface area contributed by atoms with E-state index in [4.69, 9.17) is 22.7 Å². The van der Waals surface area contributed by atoms with Crippen LogP contribution in [0, 0.1) is 4.77 Å². The van der Waals surface area contributed by atoms with Gasteiger partial charge in [-0.2, -0.15) is 4.98 Å². The third-order valence-corrected chi connectivity index (χ3v) is 2.76. The fourth-order valence-corrected chi connectivity index (χ4v) is 1.90. The highest BCUT2D eigenvalue weighted by molar-refractivity contribution is 7.71. The first kappa shape index (κ1) is 11.5. The van der Waals surface area contributed by atoms with Crippen LogP contribution in [0.15, 0.2) is 6.33 Å². The van der Waals surface area contributed by atoms with Crippen LogP contribution < -0.4 is 10.5 Å². The molecule has 8 heteroatoms. The highest BCUT2D eigenvalue weighted by Gasteiger charge is 2.18. The van der Waals surface area contributed by atoms with Crippen LogP contribution in [0.2, 0.25) is 0 Å². The SMILES string of the molecule is COc1ncnc2c1[nH]c(=S)n2C(C)C(N)=O. The first-order valence-corrected chi connectivity index (χ1v) is 5.25. The number of nitrogens with one attached hydrogen (secondary N) is 1. The number of rotatable bonds is 3. The van der Waals surface area contributed by atoms with Crippen molar-refractivity contribution in [3.63, 3.8) is 0 Å². The van der Waals surface area contributed by atoms with Gasteiger partial charge in [-0.3, -0.25) is 9.36 Å². The zero-order valence-corrected chi connectivity index (χ0v) is 10.1. The number of imidazole rings is 1. The molecule has 0 saturated carbocycles. The van der Waals surface area contributed by atoms with Gasteiger partial charge in [0.1, 0.15) is 17.9 Å². The number of aromatic nitrogens is 4. The van der Waals surface area contributed by atoms with E-state index < -0.39 is 11.9 Å². The minimum absolute atomic E-state index is 0.352. The van der Waals surface area contributed by atoms with Crippen molar-refractivity contribution in [1.29, 1.82) is 0 Å². The zero-order valence-electron chi connectivity index (χ0n) is 9.30. The molecule has 0 saturated heterocycles. The van der Waals surface area contributed by atoms with Gasteiger partial charge in [-0.05, 0) is 19.1 Å². The third kappa shape index (κ3) is 1.76. The molecule has 0 aliphatic rings. The molecule has 2 heterocycles. The monoisotopic (exact) mass is 253 g/mol. The van der Waals surface area contributed by atoms with Gasteiger partial charge in [0.25, 0.3) is 0 Å². The molecule has 2 rings (SSSR count). The van der Waals surface area contributed by atoms with Crippen molar-refractivity contribution in [2.75, 3.05) is 7.11 Å². The summed E-state index contributed by atoms with van der Waals surface area (Å²) in [4.78, 5) is 22.1. The molecular weight excluding hydrogens is 242 g/mol. The number of H-pyrrole nitrogens is 1. The molecule has 7 nitrogen and oxygen atoms in total. The van der Waals surface area contributed by atoms with Crippen LogP contribution in [0.3, 0.4) is 0 Å². The number of methoxy groups -OCH3 is 1. The topological polar surface area (TPSA) is 98.8 Å². The molecule has 2 aromatic heterocycles. The first-order chi connectivity index (χ1) is 8.06. The predicted octanol–water partition coefficient (Wildman–Crippen LogP) is 0.544. The Morgan fingerprint density at radius 3 is 2.94 bits per heavy atom. The van der Waals surface area contributed by atoms with Gasteiger partial charge >= 0.3 is 0 Å². The standard InChI is InChI=1S/C9H11N5O2S/c1-4(6(10)15)14-7-5(13-9(14)17)8(16-2)12-3-11-7/h3-4H,1-2H3,(H2,10,15)(H,13,17). The van der Waals surface area contributed by atoms with E-state index in [9.17, 15) is 4.79 Å². The fourth-order valence-electron chi connectivity index (χ4n) is 1.56. The third-order valence-electron chi connectivity index (χ3n) is 2.46. The second-order valence-electron chi connectivity index (χ2n) is 3.46. The maximum atomic E-state index is 11.2. The van der Waals surface area contributed by atoms with E-state index in [0.29, 0.717) is 21.8 Å². The molecule has 90 valence electrons. The van der Waals surface area contributed by atoms with Gasteiger partial charge < -0.3 is 15.5 Å². The molecule has 0 spiro atoms. The maximum absolute atomic E-state index is 11.2. The molecule has 0 bridgehead atoms. The predicted molar refractivity (Wildman–Crippen MR) is 63.2 cm³/mol. The van der Waals surface area contributed by atoms with E-state index in [0.717, 1.165) is 0 Å². The summed E-state index contributed by atoms with van der Waals surface area (Å²) >= 11 is 5.13. The van der Waals surface area contributed by atoms with E-state index in [2.05, 4.69) is 15.0 Å². The number of nitrogens with zero attached hydrogens (tertiary/aromatic N) is 3. The Balaban J connectivity index is 2.77. The van der Waals surface area contributed by atoms with Crippen molar-refractivity contribution in [2.24, 2.45) is 5.73 Å². The highest BCUT2D eigenvalue weighted by atomic mass is 32.1. The van der Waals surface area contributed by atoms with Crippen molar-refractivity contribution in [3.05, 3.63) is 11.1 Å². The lowest BCUT2D eigenvalue weighted by atomic mass is 10.3. The second-order valence-corrected chi connectivity index (χ2v) is 3.85. The molecule has 0 aliphatic heterocycles. The minimum atomic E-state index is -0.587. The van der Waals surface area contributed by atoms with E-state index in [1.807, 2.05) is 0 Å². The fraction of sp³-hybridized carbons (Fsp3) is 0.333. The van der Waals surface area contributed by atoms with Gasteiger partial charge in [-0.25, -0.2) is 4.98 Å². The number of aromatic amines is 1. The van der Waals surface area contributed by atoms with Crippen molar-refractivity contribution < 1.29 is 9.53 Å². The summed E-state index contributed by atoms with van der Waals surface area (Å²) in [6, 6.07) is -0.587. The highest BCUT2D eigenvalue weighted by Crippen LogP contribution is 2.22. The molecule has 1 unspecified atom stereocenters. The molecule has 0 radical (unpaired) electrons. The van der Waals surface area contributed by atoms with Gasteiger partial charge in [0.2, 0.25) is 11.8 Å². The van der Waals surface area contributed by atoms with E-state index in [-0.39, 0.29) is 0 Å². The summed E-state index contributed by atoms with van der Waals surface area (Å²) in [5, 5.41) is 0. The molecule has 0 fully saturated rings. The number of hydrogen-bond donors (Lipinski definition) is 2. The van der Waals surface area contributed by atoms with Gasteiger partial charge in [0.15, 0.2) is 10.4 Å². The molecule has 17 heavy (non-hydrogen) atoms. The Morgan fingerprint density at radius 2 is 2.35 bits per heavy atom. The number of amides is 1. The van der Waals surface area contributed by atoms with Crippen molar-refractivity contribution >= 4 is 29.3 Å². The minimum Gasteiger partial charge on any atom is -0.479 e. The molecule has 1 amide bonds.